The fourth-order valence-corrected chi connectivity index (χ4v) is 3.98. The van der Waals surface area contributed by atoms with Crippen molar-refractivity contribution in [1.82, 2.24) is 0 Å². The first-order valence-corrected chi connectivity index (χ1v) is 11.5. The molecule has 0 fully saturated rings. The summed E-state index contributed by atoms with van der Waals surface area (Å²) in [6, 6.07) is 7.31. The highest BCUT2D eigenvalue weighted by atomic mass is 16.3. The van der Waals surface area contributed by atoms with Gasteiger partial charge in [-0.15, -0.1) is 0 Å². The van der Waals surface area contributed by atoms with Crippen molar-refractivity contribution in [3.63, 3.8) is 0 Å². The number of ketones is 1. The monoisotopic (exact) mass is 438 g/mol. The van der Waals surface area contributed by atoms with E-state index < -0.39 is 0 Å². The molecule has 0 aliphatic carbocycles. The number of hydrogen-bond acceptors (Lipinski definition) is 3. The number of carbonyl (C=O) groups is 1. The molecule has 2 aromatic rings. The van der Waals surface area contributed by atoms with Gasteiger partial charge in [0.2, 0.25) is 0 Å². The molecule has 2 aromatic carbocycles. The van der Waals surface area contributed by atoms with Gasteiger partial charge < -0.3 is 10.2 Å². The third-order valence-electron chi connectivity index (χ3n) is 5.98. The summed E-state index contributed by atoms with van der Waals surface area (Å²) >= 11 is 0. The highest BCUT2D eigenvalue weighted by Gasteiger charge is 2.31. The van der Waals surface area contributed by atoms with E-state index in [1.54, 1.807) is 0 Å². The number of phenols is 2. The van der Waals surface area contributed by atoms with E-state index in [0.717, 1.165) is 22.3 Å². The van der Waals surface area contributed by atoms with Crippen LogP contribution < -0.4 is 0 Å². The van der Waals surface area contributed by atoms with Gasteiger partial charge in [-0.1, -0.05) is 83.1 Å². The van der Waals surface area contributed by atoms with Gasteiger partial charge in [-0.3, -0.25) is 4.79 Å². The maximum atomic E-state index is 13.8. The Labute approximate surface area is 194 Å². The highest BCUT2D eigenvalue weighted by Crippen LogP contribution is 2.42. The Balaban J connectivity index is 2.86. The first kappa shape index (κ1) is 26.0. The van der Waals surface area contributed by atoms with Crippen molar-refractivity contribution in [2.24, 2.45) is 0 Å². The van der Waals surface area contributed by atoms with Crippen LogP contribution >= 0.6 is 0 Å². The van der Waals surface area contributed by atoms with E-state index in [1.165, 1.54) is 0 Å². The summed E-state index contributed by atoms with van der Waals surface area (Å²) < 4.78 is 0. The minimum atomic E-state index is -0.317. The third kappa shape index (κ3) is 5.19. The zero-order valence-corrected chi connectivity index (χ0v) is 22.1. The van der Waals surface area contributed by atoms with Gasteiger partial charge in [0.05, 0.1) is 0 Å². The maximum Gasteiger partial charge on any atom is 0.193 e. The molecule has 0 unspecified atom stereocenters. The molecule has 32 heavy (non-hydrogen) atoms. The molecule has 0 aromatic heterocycles. The molecular formula is C29H42O3. The minimum Gasteiger partial charge on any atom is -0.507 e. The van der Waals surface area contributed by atoms with Gasteiger partial charge in [-0.05, 0) is 45.9 Å². The van der Waals surface area contributed by atoms with Crippen LogP contribution in [0.1, 0.15) is 121 Å². The summed E-state index contributed by atoms with van der Waals surface area (Å²) in [7, 11) is 0. The number of carbonyl (C=O) groups excluding carboxylic acids is 1. The lowest BCUT2D eigenvalue weighted by Gasteiger charge is -2.29. The molecule has 0 aliphatic rings. The van der Waals surface area contributed by atoms with Crippen LogP contribution in [0.3, 0.4) is 0 Å². The second-order valence-corrected chi connectivity index (χ2v) is 13.2. The number of aromatic hydroxyl groups is 2. The summed E-state index contributed by atoms with van der Waals surface area (Å²) in [6.07, 6.45) is 0. The average Bonchev–Trinajstić information content (AvgIpc) is 2.57. The Morgan fingerprint density at radius 2 is 0.688 bits per heavy atom. The fraction of sp³-hybridized carbons (Fsp3) is 0.552. The van der Waals surface area contributed by atoms with E-state index in [-0.39, 0.29) is 38.9 Å². The molecule has 3 nitrogen and oxygen atoms in total. The van der Waals surface area contributed by atoms with Crippen LogP contribution in [-0.2, 0) is 21.7 Å². The van der Waals surface area contributed by atoms with Crippen LogP contribution in [0.25, 0.3) is 0 Å². The van der Waals surface area contributed by atoms with Crippen molar-refractivity contribution in [1.29, 1.82) is 0 Å². The molecule has 0 heterocycles. The van der Waals surface area contributed by atoms with E-state index in [4.69, 9.17) is 0 Å². The molecule has 0 spiro atoms. The predicted molar refractivity (Wildman–Crippen MR) is 134 cm³/mol. The molecule has 0 aliphatic heterocycles. The molecule has 0 saturated carbocycles. The van der Waals surface area contributed by atoms with Gasteiger partial charge in [-0.2, -0.15) is 0 Å². The molecule has 2 N–H and O–H groups in total. The van der Waals surface area contributed by atoms with E-state index >= 15 is 0 Å². The van der Waals surface area contributed by atoms with E-state index in [1.807, 2.05) is 107 Å². The van der Waals surface area contributed by atoms with Crippen LogP contribution in [0.2, 0.25) is 0 Å². The Morgan fingerprint density at radius 1 is 0.500 bits per heavy atom. The lowest BCUT2D eigenvalue weighted by Crippen LogP contribution is -2.20. The fourth-order valence-electron chi connectivity index (χ4n) is 3.98. The number of benzene rings is 2. The van der Waals surface area contributed by atoms with Crippen molar-refractivity contribution in [3.05, 3.63) is 57.6 Å². The van der Waals surface area contributed by atoms with Crippen molar-refractivity contribution in [2.75, 3.05) is 0 Å². The van der Waals surface area contributed by atoms with E-state index in [0.29, 0.717) is 11.1 Å². The normalized spacial score (nSPS) is 13.4. The SMILES string of the molecule is CC(C)(C)c1cc(C(=O)c2cc(C(C)(C)C)c(O)c(C(C)(C)C)c2)cc(C(C)(C)C)c1O. The lowest BCUT2D eigenvalue weighted by atomic mass is 9.76. The van der Waals surface area contributed by atoms with Gasteiger partial charge in [0.15, 0.2) is 5.78 Å². The second kappa shape index (κ2) is 7.93. The molecule has 0 saturated heterocycles. The molecule has 2 rings (SSSR count). The molecule has 0 atom stereocenters. The summed E-state index contributed by atoms with van der Waals surface area (Å²) in [6.45, 7) is 24.5. The topological polar surface area (TPSA) is 57.5 Å². The molecular weight excluding hydrogens is 396 g/mol. The first-order chi connectivity index (χ1) is 14.2. The number of phenolic OH excluding ortho intramolecular Hbond substituents is 2. The largest absolute Gasteiger partial charge is 0.507 e. The zero-order chi connectivity index (χ0) is 25.0. The second-order valence-electron chi connectivity index (χ2n) is 13.2. The summed E-state index contributed by atoms with van der Waals surface area (Å²) in [5.41, 5.74) is 2.90. The number of rotatable bonds is 2. The number of hydrogen-bond donors (Lipinski definition) is 2. The summed E-state index contributed by atoms with van der Waals surface area (Å²) in [5.74, 6) is 0.424. The summed E-state index contributed by atoms with van der Waals surface area (Å²) in [4.78, 5) is 13.8. The Morgan fingerprint density at radius 3 is 0.844 bits per heavy atom. The van der Waals surface area contributed by atoms with Crippen molar-refractivity contribution in [3.8, 4) is 11.5 Å². The lowest BCUT2D eigenvalue weighted by molar-refractivity contribution is 0.103. The molecule has 176 valence electrons. The van der Waals surface area contributed by atoms with Gasteiger partial charge in [0.25, 0.3) is 0 Å². The van der Waals surface area contributed by atoms with Crippen molar-refractivity contribution >= 4 is 5.78 Å². The smallest absolute Gasteiger partial charge is 0.193 e. The van der Waals surface area contributed by atoms with E-state index in [9.17, 15) is 15.0 Å². The zero-order valence-electron chi connectivity index (χ0n) is 22.1. The summed E-state index contributed by atoms with van der Waals surface area (Å²) in [5, 5.41) is 22.1. The van der Waals surface area contributed by atoms with Crippen LogP contribution in [0, 0.1) is 0 Å². The van der Waals surface area contributed by atoms with Crippen LogP contribution in [0.15, 0.2) is 24.3 Å². The Kier molecular flexibility index (Phi) is 6.44. The van der Waals surface area contributed by atoms with Crippen LogP contribution in [0.4, 0.5) is 0 Å². The Bertz CT molecular complexity index is 877. The third-order valence-corrected chi connectivity index (χ3v) is 5.98. The van der Waals surface area contributed by atoms with Gasteiger partial charge in [0.1, 0.15) is 11.5 Å². The van der Waals surface area contributed by atoms with Crippen molar-refractivity contribution in [2.45, 2.75) is 105 Å². The van der Waals surface area contributed by atoms with Gasteiger partial charge in [-0.25, -0.2) is 0 Å². The van der Waals surface area contributed by atoms with E-state index in [2.05, 4.69) is 0 Å². The standard InChI is InChI=1S/C29H42O3/c1-26(2,3)19-13-17(14-20(24(19)31)27(4,5)6)23(30)18-15-21(28(7,8)9)25(32)22(16-18)29(10,11)12/h13-16,31-32H,1-12H3. The predicted octanol–water partition coefficient (Wildman–Crippen LogP) is 7.52. The quantitative estimate of drug-likeness (QED) is 0.477. The van der Waals surface area contributed by atoms with Gasteiger partial charge in [0, 0.05) is 33.4 Å². The Hall–Kier alpha value is -2.29. The average molecular weight is 439 g/mol. The molecule has 0 radical (unpaired) electrons. The van der Waals surface area contributed by atoms with Crippen molar-refractivity contribution < 1.29 is 15.0 Å². The molecule has 0 amide bonds. The maximum absolute atomic E-state index is 13.8. The van der Waals surface area contributed by atoms with Gasteiger partial charge >= 0.3 is 0 Å². The highest BCUT2D eigenvalue weighted by molar-refractivity contribution is 6.10. The minimum absolute atomic E-state index is 0.100. The molecule has 3 heteroatoms. The van der Waals surface area contributed by atoms with Crippen LogP contribution in [0.5, 0.6) is 11.5 Å². The molecule has 0 bridgehead atoms. The first-order valence-electron chi connectivity index (χ1n) is 11.5. The van der Waals surface area contributed by atoms with Crippen LogP contribution in [-0.4, -0.2) is 16.0 Å².